The number of likely N-dealkylation sites (tertiary alicyclic amines) is 1. The molecule has 1 atom stereocenters. The Morgan fingerprint density at radius 1 is 1.28 bits per heavy atom. The number of rotatable bonds is 6. The highest BCUT2D eigenvalue weighted by molar-refractivity contribution is 5.63. The number of nitrogens with zero attached hydrogens (tertiary/aromatic N) is 5. The summed E-state index contributed by atoms with van der Waals surface area (Å²) in [6, 6.07) is 8.27. The smallest absolute Gasteiger partial charge is 0.245 e. The number of hydrogen-bond donors (Lipinski definition) is 0. The van der Waals surface area contributed by atoms with E-state index in [4.69, 9.17) is 4.98 Å². The van der Waals surface area contributed by atoms with Crippen LogP contribution in [0.2, 0.25) is 0 Å². The van der Waals surface area contributed by atoms with E-state index in [1.165, 1.54) is 31.6 Å². The molecule has 0 bridgehead atoms. The van der Waals surface area contributed by atoms with E-state index in [1.807, 2.05) is 12.1 Å². The first-order chi connectivity index (χ1) is 12.0. The highest BCUT2D eigenvalue weighted by Crippen LogP contribution is 2.23. The molecular weight excluding hydrogens is 310 g/mol. The topological polar surface area (TPSA) is 45.2 Å². The van der Waals surface area contributed by atoms with Gasteiger partial charge in [-0.15, -0.1) is 5.10 Å². The van der Waals surface area contributed by atoms with Gasteiger partial charge in [0.2, 0.25) is 5.95 Å². The molecule has 25 heavy (non-hydrogen) atoms. The lowest BCUT2D eigenvalue weighted by Gasteiger charge is -2.22. The van der Waals surface area contributed by atoms with E-state index in [9.17, 15) is 0 Å². The zero-order chi connectivity index (χ0) is 17.8. The van der Waals surface area contributed by atoms with Crippen molar-refractivity contribution in [2.24, 2.45) is 11.8 Å². The van der Waals surface area contributed by atoms with Gasteiger partial charge < -0.3 is 9.80 Å². The second-order valence-electron chi connectivity index (χ2n) is 7.65. The predicted molar refractivity (Wildman–Crippen MR) is 103 cm³/mol. The summed E-state index contributed by atoms with van der Waals surface area (Å²) in [7, 11) is 2.07. The number of hydrogen-bond acceptors (Lipinski definition) is 5. The van der Waals surface area contributed by atoms with Crippen LogP contribution < -0.4 is 4.90 Å². The highest BCUT2D eigenvalue weighted by Gasteiger charge is 2.24. The van der Waals surface area contributed by atoms with Gasteiger partial charge in [-0.05, 0) is 37.3 Å². The molecule has 1 aromatic heterocycles. The lowest BCUT2D eigenvalue weighted by atomic mass is 10.1. The minimum Gasteiger partial charge on any atom is -0.342 e. The molecule has 2 heterocycles. The van der Waals surface area contributed by atoms with Crippen LogP contribution in [0.3, 0.4) is 0 Å². The summed E-state index contributed by atoms with van der Waals surface area (Å²) in [5.41, 5.74) is 3.22. The van der Waals surface area contributed by atoms with Gasteiger partial charge in [-0.1, -0.05) is 38.1 Å². The van der Waals surface area contributed by atoms with Crippen LogP contribution in [0.5, 0.6) is 0 Å². The largest absolute Gasteiger partial charge is 0.342 e. The molecule has 1 saturated heterocycles. The van der Waals surface area contributed by atoms with E-state index < -0.39 is 0 Å². The van der Waals surface area contributed by atoms with Crippen molar-refractivity contribution >= 4 is 5.95 Å². The van der Waals surface area contributed by atoms with Gasteiger partial charge in [0.05, 0.1) is 11.9 Å². The monoisotopic (exact) mass is 339 g/mol. The predicted octanol–water partition coefficient (Wildman–Crippen LogP) is 3.26. The van der Waals surface area contributed by atoms with Gasteiger partial charge in [0.15, 0.2) is 0 Å². The fourth-order valence-electron chi connectivity index (χ4n) is 3.66. The SMILES string of the molecule is Cc1ccccc1-c1cnnc(N(C)CC2CCN(CC(C)C)C2)n1. The summed E-state index contributed by atoms with van der Waals surface area (Å²) < 4.78 is 0. The standard InChI is InChI=1S/C20H29N5/c1-15(2)12-25-10-9-17(14-25)13-24(4)20-22-19(11-21-23-20)18-8-6-5-7-16(18)3/h5-8,11,15,17H,9-10,12-14H2,1-4H3. The maximum atomic E-state index is 4.75. The zero-order valence-corrected chi connectivity index (χ0v) is 15.8. The average molecular weight is 339 g/mol. The Morgan fingerprint density at radius 2 is 2.08 bits per heavy atom. The van der Waals surface area contributed by atoms with Crippen LogP contribution in [-0.4, -0.2) is 53.3 Å². The summed E-state index contributed by atoms with van der Waals surface area (Å²) in [6.07, 6.45) is 3.00. The van der Waals surface area contributed by atoms with Crippen LogP contribution in [0.1, 0.15) is 25.8 Å². The molecule has 3 rings (SSSR count). The second kappa shape index (κ2) is 7.91. The van der Waals surface area contributed by atoms with Crippen molar-refractivity contribution in [3.05, 3.63) is 36.0 Å². The Balaban J connectivity index is 1.66. The molecule has 5 nitrogen and oxygen atoms in total. The first-order valence-electron chi connectivity index (χ1n) is 9.22. The fourth-order valence-corrected chi connectivity index (χ4v) is 3.66. The Hall–Kier alpha value is -2.01. The normalized spacial score (nSPS) is 18.0. The first kappa shape index (κ1) is 17.8. The quantitative estimate of drug-likeness (QED) is 0.808. The van der Waals surface area contributed by atoms with Crippen molar-refractivity contribution in [3.8, 4) is 11.3 Å². The zero-order valence-electron chi connectivity index (χ0n) is 15.8. The minimum absolute atomic E-state index is 0.675. The van der Waals surface area contributed by atoms with Gasteiger partial charge in [0.1, 0.15) is 0 Å². The average Bonchev–Trinajstić information content (AvgIpc) is 3.01. The van der Waals surface area contributed by atoms with E-state index in [0.29, 0.717) is 11.9 Å². The van der Waals surface area contributed by atoms with Crippen molar-refractivity contribution in [1.29, 1.82) is 0 Å². The van der Waals surface area contributed by atoms with Crippen molar-refractivity contribution in [2.75, 3.05) is 38.1 Å². The third kappa shape index (κ3) is 4.54. The number of benzene rings is 1. The van der Waals surface area contributed by atoms with Crippen LogP contribution in [0.25, 0.3) is 11.3 Å². The van der Waals surface area contributed by atoms with E-state index in [1.54, 1.807) is 6.20 Å². The Kier molecular flexibility index (Phi) is 5.63. The van der Waals surface area contributed by atoms with Crippen LogP contribution >= 0.6 is 0 Å². The number of aryl methyl sites for hydroxylation is 1. The maximum Gasteiger partial charge on any atom is 0.245 e. The van der Waals surface area contributed by atoms with Crippen LogP contribution in [0.15, 0.2) is 30.5 Å². The molecule has 134 valence electrons. The van der Waals surface area contributed by atoms with Gasteiger partial charge in [-0.25, -0.2) is 4.98 Å². The van der Waals surface area contributed by atoms with Gasteiger partial charge in [-0.2, -0.15) is 5.10 Å². The van der Waals surface area contributed by atoms with Gasteiger partial charge in [-0.3, -0.25) is 0 Å². The molecule has 1 aliphatic rings. The summed E-state index contributed by atoms with van der Waals surface area (Å²) in [5.74, 6) is 2.12. The lowest BCUT2D eigenvalue weighted by Crippen LogP contribution is -2.30. The van der Waals surface area contributed by atoms with Crippen molar-refractivity contribution in [1.82, 2.24) is 20.1 Å². The molecule has 1 fully saturated rings. The molecule has 1 aromatic carbocycles. The van der Waals surface area contributed by atoms with Gasteiger partial charge in [0.25, 0.3) is 0 Å². The van der Waals surface area contributed by atoms with E-state index >= 15 is 0 Å². The Morgan fingerprint density at radius 3 is 2.84 bits per heavy atom. The molecule has 0 amide bonds. The molecule has 2 aromatic rings. The molecule has 1 unspecified atom stereocenters. The second-order valence-corrected chi connectivity index (χ2v) is 7.65. The molecule has 5 heteroatoms. The molecule has 0 N–H and O–H groups in total. The van der Waals surface area contributed by atoms with Crippen molar-refractivity contribution < 1.29 is 0 Å². The third-order valence-electron chi connectivity index (χ3n) is 4.84. The minimum atomic E-state index is 0.675. The summed E-state index contributed by atoms with van der Waals surface area (Å²) in [6.45, 7) is 11.2. The third-order valence-corrected chi connectivity index (χ3v) is 4.84. The molecule has 0 spiro atoms. The summed E-state index contributed by atoms with van der Waals surface area (Å²) in [4.78, 5) is 9.48. The molecule has 0 radical (unpaired) electrons. The molecule has 0 saturated carbocycles. The first-order valence-corrected chi connectivity index (χ1v) is 9.22. The van der Waals surface area contributed by atoms with Crippen LogP contribution in [-0.2, 0) is 0 Å². The highest BCUT2D eigenvalue weighted by atomic mass is 15.3. The Labute approximate surface area is 151 Å². The van der Waals surface area contributed by atoms with Crippen molar-refractivity contribution in [3.63, 3.8) is 0 Å². The maximum absolute atomic E-state index is 4.75. The van der Waals surface area contributed by atoms with Crippen LogP contribution in [0.4, 0.5) is 5.95 Å². The Bertz CT molecular complexity index is 700. The van der Waals surface area contributed by atoms with Crippen LogP contribution in [0, 0.1) is 18.8 Å². The molecular formula is C20H29N5. The molecule has 0 aliphatic carbocycles. The summed E-state index contributed by atoms with van der Waals surface area (Å²) in [5, 5.41) is 8.44. The van der Waals surface area contributed by atoms with E-state index in [-0.39, 0.29) is 0 Å². The van der Waals surface area contributed by atoms with Gasteiger partial charge in [0, 0.05) is 32.2 Å². The lowest BCUT2D eigenvalue weighted by molar-refractivity contribution is 0.287. The fraction of sp³-hybridized carbons (Fsp3) is 0.550. The summed E-state index contributed by atoms with van der Waals surface area (Å²) >= 11 is 0. The van der Waals surface area contributed by atoms with E-state index in [0.717, 1.165) is 23.7 Å². The van der Waals surface area contributed by atoms with E-state index in [2.05, 4.69) is 59.9 Å². The van der Waals surface area contributed by atoms with Crippen molar-refractivity contribution in [2.45, 2.75) is 27.2 Å². The molecule has 1 aliphatic heterocycles. The number of anilines is 1. The van der Waals surface area contributed by atoms with Gasteiger partial charge >= 0.3 is 0 Å². The number of aromatic nitrogens is 3.